The summed E-state index contributed by atoms with van der Waals surface area (Å²) in [6, 6.07) is 7.79. The minimum absolute atomic E-state index is 0.0873. The Bertz CT molecular complexity index is 606. The average Bonchev–Trinajstić information content (AvgIpc) is 3.07. The molecular formula is C14H15N3O2. The fourth-order valence-corrected chi connectivity index (χ4v) is 2.28. The van der Waals surface area contributed by atoms with E-state index in [4.69, 9.17) is 4.74 Å². The minimum atomic E-state index is 0.0873. The molecule has 0 spiro atoms. The van der Waals surface area contributed by atoms with Crippen molar-refractivity contribution in [1.82, 2.24) is 15.3 Å². The highest BCUT2D eigenvalue weighted by molar-refractivity contribution is 5.79. The molecule has 2 aromatic rings. The van der Waals surface area contributed by atoms with Gasteiger partial charge in [-0.3, -0.25) is 4.79 Å². The lowest BCUT2D eigenvalue weighted by molar-refractivity contribution is -0.119. The second kappa shape index (κ2) is 4.76. The van der Waals surface area contributed by atoms with Crippen molar-refractivity contribution in [3.63, 3.8) is 0 Å². The van der Waals surface area contributed by atoms with Crippen LogP contribution in [0.25, 0.3) is 11.3 Å². The number of carbonyl (C=O) groups excluding carboxylic acids is 1. The third-order valence-corrected chi connectivity index (χ3v) is 3.34. The molecule has 5 heteroatoms. The van der Waals surface area contributed by atoms with Gasteiger partial charge in [-0.1, -0.05) is 12.1 Å². The van der Waals surface area contributed by atoms with E-state index < -0.39 is 0 Å². The number of aromatic nitrogens is 2. The quantitative estimate of drug-likeness (QED) is 0.879. The molecule has 2 N–H and O–H groups in total. The molecule has 1 aliphatic rings. The zero-order chi connectivity index (χ0) is 13.2. The fourth-order valence-electron chi connectivity index (χ4n) is 2.28. The maximum absolute atomic E-state index is 11.2. The smallest absolute Gasteiger partial charge is 0.220 e. The summed E-state index contributed by atoms with van der Waals surface area (Å²) in [5.74, 6) is 1.90. The molecule has 5 nitrogen and oxygen atoms in total. The summed E-state index contributed by atoms with van der Waals surface area (Å²) in [5, 5.41) is 2.82. The number of aromatic amines is 1. The van der Waals surface area contributed by atoms with Gasteiger partial charge in [-0.05, 0) is 12.1 Å². The van der Waals surface area contributed by atoms with Crippen LogP contribution in [0.4, 0.5) is 0 Å². The van der Waals surface area contributed by atoms with Crippen molar-refractivity contribution >= 4 is 5.91 Å². The molecule has 0 aliphatic carbocycles. The number of rotatable bonds is 3. The van der Waals surface area contributed by atoms with Gasteiger partial charge in [0.1, 0.15) is 11.6 Å². The number of H-pyrrole nitrogens is 1. The zero-order valence-electron chi connectivity index (χ0n) is 10.6. The Morgan fingerprint density at radius 3 is 3.05 bits per heavy atom. The van der Waals surface area contributed by atoms with Gasteiger partial charge in [-0.15, -0.1) is 0 Å². The average molecular weight is 257 g/mol. The van der Waals surface area contributed by atoms with E-state index in [-0.39, 0.29) is 11.8 Å². The number of hydrogen-bond acceptors (Lipinski definition) is 3. The molecule has 0 bridgehead atoms. The number of imidazole rings is 1. The molecule has 0 saturated carbocycles. The minimum Gasteiger partial charge on any atom is -0.497 e. The summed E-state index contributed by atoms with van der Waals surface area (Å²) < 4.78 is 5.21. The molecule has 1 aliphatic heterocycles. The molecule has 1 amide bonds. The fraction of sp³-hybridized carbons (Fsp3) is 0.286. The van der Waals surface area contributed by atoms with Crippen LogP contribution in [0.2, 0.25) is 0 Å². The Kier molecular flexibility index (Phi) is 2.95. The second-order valence-electron chi connectivity index (χ2n) is 4.62. The molecule has 1 aromatic carbocycles. The lowest BCUT2D eigenvalue weighted by Gasteiger charge is -2.03. The summed E-state index contributed by atoms with van der Waals surface area (Å²) in [4.78, 5) is 18.9. The SMILES string of the molecule is COc1cccc(-c2cnc([C@@H]3CNC(=O)C3)[nH]2)c1. The first kappa shape index (κ1) is 11.8. The number of amides is 1. The largest absolute Gasteiger partial charge is 0.497 e. The van der Waals surface area contributed by atoms with Crippen molar-refractivity contribution in [2.45, 2.75) is 12.3 Å². The van der Waals surface area contributed by atoms with Gasteiger partial charge in [-0.25, -0.2) is 4.98 Å². The van der Waals surface area contributed by atoms with E-state index in [2.05, 4.69) is 15.3 Å². The van der Waals surface area contributed by atoms with Crippen LogP contribution >= 0.6 is 0 Å². The summed E-state index contributed by atoms with van der Waals surface area (Å²) in [6.45, 7) is 0.657. The van der Waals surface area contributed by atoms with Gasteiger partial charge in [0.25, 0.3) is 0 Å². The Hall–Kier alpha value is -2.30. The molecule has 2 heterocycles. The molecule has 1 atom stereocenters. The monoisotopic (exact) mass is 257 g/mol. The van der Waals surface area contributed by atoms with E-state index in [1.165, 1.54) is 0 Å². The highest BCUT2D eigenvalue weighted by atomic mass is 16.5. The molecule has 0 radical (unpaired) electrons. The third kappa shape index (κ3) is 2.31. The van der Waals surface area contributed by atoms with Crippen molar-refractivity contribution in [1.29, 1.82) is 0 Å². The van der Waals surface area contributed by atoms with Crippen LogP contribution in [-0.2, 0) is 4.79 Å². The van der Waals surface area contributed by atoms with Crippen LogP contribution in [-0.4, -0.2) is 29.5 Å². The van der Waals surface area contributed by atoms with Gasteiger partial charge < -0.3 is 15.0 Å². The number of nitrogens with zero attached hydrogens (tertiary/aromatic N) is 1. The van der Waals surface area contributed by atoms with Crippen LogP contribution < -0.4 is 10.1 Å². The maximum atomic E-state index is 11.2. The molecule has 3 rings (SSSR count). The highest BCUT2D eigenvalue weighted by Gasteiger charge is 2.25. The maximum Gasteiger partial charge on any atom is 0.220 e. The first-order chi connectivity index (χ1) is 9.26. The molecule has 0 unspecified atom stereocenters. The van der Waals surface area contributed by atoms with Crippen LogP contribution in [0, 0.1) is 0 Å². The normalized spacial score (nSPS) is 18.4. The topological polar surface area (TPSA) is 67.0 Å². The Balaban J connectivity index is 1.86. The van der Waals surface area contributed by atoms with Crippen LogP contribution in [0.3, 0.4) is 0 Å². The predicted molar refractivity (Wildman–Crippen MR) is 70.9 cm³/mol. The van der Waals surface area contributed by atoms with Gasteiger partial charge in [0.2, 0.25) is 5.91 Å². The Morgan fingerprint density at radius 1 is 1.42 bits per heavy atom. The molecule has 19 heavy (non-hydrogen) atoms. The van der Waals surface area contributed by atoms with E-state index in [1.807, 2.05) is 24.3 Å². The number of nitrogens with one attached hydrogen (secondary N) is 2. The summed E-state index contributed by atoms with van der Waals surface area (Å²) in [5.41, 5.74) is 1.96. The third-order valence-electron chi connectivity index (χ3n) is 3.34. The summed E-state index contributed by atoms with van der Waals surface area (Å²) in [7, 11) is 1.65. The molecular weight excluding hydrogens is 242 g/mol. The molecule has 1 saturated heterocycles. The highest BCUT2D eigenvalue weighted by Crippen LogP contribution is 2.26. The van der Waals surface area contributed by atoms with Gasteiger partial charge in [0, 0.05) is 24.4 Å². The van der Waals surface area contributed by atoms with Gasteiger partial charge in [-0.2, -0.15) is 0 Å². The van der Waals surface area contributed by atoms with Gasteiger partial charge in [0.05, 0.1) is 19.0 Å². The Morgan fingerprint density at radius 2 is 2.32 bits per heavy atom. The van der Waals surface area contributed by atoms with Gasteiger partial charge >= 0.3 is 0 Å². The molecule has 1 fully saturated rings. The standard InChI is InChI=1S/C14H15N3O2/c1-19-11-4-2-3-9(5-11)12-8-16-14(17-12)10-6-13(18)15-7-10/h2-5,8,10H,6-7H2,1H3,(H,15,18)(H,16,17)/t10-/m0/s1. The van der Waals surface area contributed by atoms with E-state index in [0.29, 0.717) is 13.0 Å². The van der Waals surface area contributed by atoms with Crippen molar-refractivity contribution in [3.8, 4) is 17.0 Å². The van der Waals surface area contributed by atoms with Crippen LogP contribution in [0.5, 0.6) is 5.75 Å². The number of carbonyl (C=O) groups is 1. The zero-order valence-corrected chi connectivity index (χ0v) is 10.6. The number of hydrogen-bond donors (Lipinski definition) is 2. The second-order valence-corrected chi connectivity index (χ2v) is 4.62. The van der Waals surface area contributed by atoms with E-state index in [9.17, 15) is 4.79 Å². The van der Waals surface area contributed by atoms with Crippen molar-refractivity contribution < 1.29 is 9.53 Å². The lowest BCUT2D eigenvalue weighted by Crippen LogP contribution is -2.13. The first-order valence-electron chi connectivity index (χ1n) is 6.22. The van der Waals surface area contributed by atoms with Crippen molar-refractivity contribution in [2.24, 2.45) is 0 Å². The summed E-state index contributed by atoms with van der Waals surface area (Å²) in [6.07, 6.45) is 2.30. The number of methoxy groups -OCH3 is 1. The number of ether oxygens (including phenoxy) is 1. The van der Waals surface area contributed by atoms with Crippen LogP contribution in [0.15, 0.2) is 30.5 Å². The van der Waals surface area contributed by atoms with E-state index in [0.717, 1.165) is 22.8 Å². The van der Waals surface area contributed by atoms with Gasteiger partial charge in [0.15, 0.2) is 0 Å². The van der Waals surface area contributed by atoms with E-state index in [1.54, 1.807) is 13.3 Å². The lowest BCUT2D eigenvalue weighted by atomic mass is 10.1. The molecule has 98 valence electrons. The Labute approximate surface area is 111 Å². The van der Waals surface area contributed by atoms with Crippen molar-refractivity contribution in [3.05, 3.63) is 36.3 Å². The first-order valence-corrected chi connectivity index (χ1v) is 6.22. The predicted octanol–water partition coefficient (Wildman–Crippen LogP) is 1.69. The summed E-state index contributed by atoms with van der Waals surface area (Å²) >= 11 is 0. The van der Waals surface area contributed by atoms with Crippen LogP contribution in [0.1, 0.15) is 18.2 Å². The molecule has 1 aromatic heterocycles. The van der Waals surface area contributed by atoms with E-state index >= 15 is 0 Å². The number of benzene rings is 1. The van der Waals surface area contributed by atoms with Crippen molar-refractivity contribution in [2.75, 3.05) is 13.7 Å².